The highest BCUT2D eigenvalue weighted by atomic mass is 32.2. The fourth-order valence-corrected chi connectivity index (χ4v) is 2.48. The molecule has 5 heteroatoms. The molecule has 0 aliphatic heterocycles. The molecule has 1 unspecified atom stereocenters. The predicted octanol–water partition coefficient (Wildman–Crippen LogP) is 5.12. The summed E-state index contributed by atoms with van der Waals surface area (Å²) in [7, 11) is 0. The lowest BCUT2D eigenvalue weighted by molar-refractivity contribution is -0.144. The summed E-state index contributed by atoms with van der Waals surface area (Å²) in [4.78, 5) is 0.790. The Morgan fingerprint density at radius 3 is 2.15 bits per heavy atom. The number of benzene rings is 2. The summed E-state index contributed by atoms with van der Waals surface area (Å²) < 4.78 is 39.8. The Bertz CT molecular complexity index is 555. The van der Waals surface area contributed by atoms with E-state index in [2.05, 4.69) is 5.32 Å². The van der Waals surface area contributed by atoms with E-state index in [0.717, 1.165) is 4.90 Å². The molecule has 20 heavy (non-hydrogen) atoms. The van der Waals surface area contributed by atoms with Crippen molar-refractivity contribution in [1.29, 1.82) is 0 Å². The first kappa shape index (κ1) is 14.8. The molecule has 0 heterocycles. The number of anilines is 1. The first-order valence-electron chi connectivity index (χ1n) is 6.03. The van der Waals surface area contributed by atoms with Crippen LogP contribution in [0.4, 0.5) is 18.9 Å². The highest BCUT2D eigenvalue weighted by molar-refractivity contribution is 7.98. The van der Waals surface area contributed by atoms with Gasteiger partial charge in [-0.25, -0.2) is 0 Å². The van der Waals surface area contributed by atoms with E-state index in [1.54, 1.807) is 36.4 Å². The molecule has 0 amide bonds. The fraction of sp³-hybridized carbons (Fsp3) is 0.200. The maximum Gasteiger partial charge on any atom is 0.412 e. The number of thioether (sulfide) groups is 1. The molecule has 2 aromatic rings. The molecule has 0 fully saturated rings. The van der Waals surface area contributed by atoms with E-state index >= 15 is 0 Å². The van der Waals surface area contributed by atoms with Gasteiger partial charge in [0.25, 0.3) is 0 Å². The zero-order valence-corrected chi connectivity index (χ0v) is 11.6. The molecule has 1 atom stereocenters. The summed E-state index contributed by atoms with van der Waals surface area (Å²) in [6.07, 6.45) is -2.52. The van der Waals surface area contributed by atoms with Crippen LogP contribution in [-0.2, 0) is 0 Å². The standard InChI is InChI=1S/C15H14F3NS/c1-20-13-10-6-5-9-12(13)19-14(15(16,17)18)11-7-3-2-4-8-11/h2-10,14,19H,1H3. The number of alkyl halides is 3. The zero-order chi connectivity index (χ0) is 14.6. The lowest BCUT2D eigenvalue weighted by Crippen LogP contribution is -2.28. The summed E-state index contributed by atoms with van der Waals surface area (Å²) in [6.45, 7) is 0. The number of halogens is 3. The Kier molecular flexibility index (Phi) is 4.60. The maximum absolute atomic E-state index is 13.3. The minimum absolute atomic E-state index is 0.205. The SMILES string of the molecule is CSc1ccccc1NC(c1ccccc1)C(F)(F)F. The van der Waals surface area contributed by atoms with Crippen LogP contribution in [0.3, 0.4) is 0 Å². The predicted molar refractivity (Wildman–Crippen MR) is 77.1 cm³/mol. The van der Waals surface area contributed by atoms with Gasteiger partial charge in [-0.2, -0.15) is 13.2 Å². The van der Waals surface area contributed by atoms with E-state index in [0.29, 0.717) is 5.69 Å². The van der Waals surface area contributed by atoms with Gasteiger partial charge in [0.05, 0.1) is 0 Å². The van der Waals surface area contributed by atoms with Crippen molar-refractivity contribution in [2.75, 3.05) is 11.6 Å². The molecule has 106 valence electrons. The van der Waals surface area contributed by atoms with Gasteiger partial charge >= 0.3 is 6.18 Å². The lowest BCUT2D eigenvalue weighted by atomic mass is 10.1. The Morgan fingerprint density at radius 1 is 0.950 bits per heavy atom. The summed E-state index contributed by atoms with van der Waals surface area (Å²) in [5.41, 5.74) is 0.696. The molecule has 1 N–H and O–H groups in total. The maximum atomic E-state index is 13.3. The second-order valence-electron chi connectivity index (χ2n) is 4.23. The van der Waals surface area contributed by atoms with Gasteiger partial charge in [-0.1, -0.05) is 42.5 Å². The average molecular weight is 297 g/mol. The van der Waals surface area contributed by atoms with Crippen molar-refractivity contribution < 1.29 is 13.2 Å². The molecule has 0 aliphatic carbocycles. The smallest absolute Gasteiger partial charge is 0.369 e. The fourth-order valence-electron chi connectivity index (χ4n) is 1.92. The van der Waals surface area contributed by atoms with E-state index in [1.807, 2.05) is 12.3 Å². The minimum atomic E-state index is -4.35. The van der Waals surface area contributed by atoms with Gasteiger partial charge < -0.3 is 5.32 Å². The number of rotatable bonds is 4. The number of hydrogen-bond acceptors (Lipinski definition) is 2. The minimum Gasteiger partial charge on any atom is -0.369 e. The molecular formula is C15H14F3NS. The zero-order valence-electron chi connectivity index (χ0n) is 10.8. The van der Waals surface area contributed by atoms with Crippen LogP contribution in [0.15, 0.2) is 59.5 Å². The van der Waals surface area contributed by atoms with Crippen LogP contribution in [0.25, 0.3) is 0 Å². The molecule has 0 aromatic heterocycles. The van der Waals surface area contributed by atoms with Crippen molar-refractivity contribution in [2.24, 2.45) is 0 Å². The summed E-state index contributed by atoms with van der Waals surface area (Å²) >= 11 is 1.41. The molecule has 1 nitrogen and oxygen atoms in total. The van der Waals surface area contributed by atoms with E-state index < -0.39 is 12.2 Å². The Labute approximate surface area is 120 Å². The Morgan fingerprint density at radius 2 is 1.55 bits per heavy atom. The topological polar surface area (TPSA) is 12.0 Å². The lowest BCUT2D eigenvalue weighted by Gasteiger charge is -2.24. The molecular weight excluding hydrogens is 283 g/mol. The van der Waals surface area contributed by atoms with Crippen molar-refractivity contribution in [3.63, 3.8) is 0 Å². The van der Waals surface area contributed by atoms with Crippen molar-refractivity contribution in [3.05, 3.63) is 60.2 Å². The number of para-hydroxylation sites is 1. The van der Waals surface area contributed by atoms with Gasteiger partial charge in [-0.15, -0.1) is 11.8 Å². The molecule has 2 rings (SSSR count). The Hall–Kier alpha value is -1.62. The third-order valence-corrected chi connectivity index (χ3v) is 3.66. The van der Waals surface area contributed by atoms with Crippen LogP contribution in [0, 0.1) is 0 Å². The van der Waals surface area contributed by atoms with Crippen molar-refractivity contribution in [1.82, 2.24) is 0 Å². The Balaban J connectivity index is 2.34. The average Bonchev–Trinajstić information content (AvgIpc) is 2.45. The van der Waals surface area contributed by atoms with Gasteiger partial charge in [-0.3, -0.25) is 0 Å². The monoisotopic (exact) mass is 297 g/mol. The van der Waals surface area contributed by atoms with Crippen molar-refractivity contribution in [3.8, 4) is 0 Å². The quantitative estimate of drug-likeness (QED) is 0.786. The number of nitrogens with one attached hydrogen (secondary N) is 1. The van der Waals surface area contributed by atoms with E-state index in [1.165, 1.54) is 23.9 Å². The van der Waals surface area contributed by atoms with Gasteiger partial charge in [-0.05, 0) is 24.0 Å². The van der Waals surface area contributed by atoms with Gasteiger partial charge in [0.1, 0.15) is 6.04 Å². The van der Waals surface area contributed by atoms with E-state index in [4.69, 9.17) is 0 Å². The van der Waals surface area contributed by atoms with Gasteiger partial charge in [0.15, 0.2) is 0 Å². The molecule has 0 aliphatic rings. The van der Waals surface area contributed by atoms with Crippen LogP contribution in [0.2, 0.25) is 0 Å². The van der Waals surface area contributed by atoms with E-state index in [9.17, 15) is 13.2 Å². The molecule has 0 bridgehead atoms. The van der Waals surface area contributed by atoms with Crippen LogP contribution in [0.5, 0.6) is 0 Å². The second kappa shape index (κ2) is 6.22. The van der Waals surface area contributed by atoms with Crippen molar-refractivity contribution in [2.45, 2.75) is 17.1 Å². The highest BCUT2D eigenvalue weighted by Crippen LogP contribution is 2.37. The number of hydrogen-bond donors (Lipinski definition) is 1. The first-order valence-corrected chi connectivity index (χ1v) is 7.26. The molecule has 0 radical (unpaired) electrons. The molecule has 0 spiro atoms. The third kappa shape index (κ3) is 3.48. The molecule has 0 saturated heterocycles. The molecule has 2 aromatic carbocycles. The van der Waals surface area contributed by atoms with Crippen LogP contribution < -0.4 is 5.32 Å². The summed E-state index contributed by atoms with van der Waals surface area (Å²) in [6, 6.07) is 13.2. The second-order valence-corrected chi connectivity index (χ2v) is 5.08. The van der Waals surface area contributed by atoms with Gasteiger partial charge in [0.2, 0.25) is 0 Å². The summed E-state index contributed by atoms with van der Waals surface area (Å²) in [5, 5.41) is 2.61. The normalized spacial score (nSPS) is 13.0. The van der Waals surface area contributed by atoms with Crippen LogP contribution in [-0.4, -0.2) is 12.4 Å². The van der Waals surface area contributed by atoms with Crippen LogP contribution in [0.1, 0.15) is 11.6 Å². The molecule has 0 saturated carbocycles. The van der Waals surface area contributed by atoms with Gasteiger partial charge in [0, 0.05) is 10.6 Å². The van der Waals surface area contributed by atoms with Crippen LogP contribution >= 0.6 is 11.8 Å². The highest BCUT2D eigenvalue weighted by Gasteiger charge is 2.41. The first-order chi connectivity index (χ1) is 9.52. The largest absolute Gasteiger partial charge is 0.412 e. The summed E-state index contributed by atoms with van der Waals surface area (Å²) in [5.74, 6) is 0. The van der Waals surface area contributed by atoms with Crippen molar-refractivity contribution >= 4 is 17.4 Å². The van der Waals surface area contributed by atoms with E-state index in [-0.39, 0.29) is 5.56 Å². The third-order valence-electron chi connectivity index (χ3n) is 2.87.